The first-order valence-corrected chi connectivity index (χ1v) is 6.97. The van der Waals surface area contributed by atoms with Crippen LogP contribution in [-0.4, -0.2) is 35.5 Å². The molecule has 0 spiro atoms. The zero-order valence-corrected chi connectivity index (χ0v) is 11.6. The van der Waals surface area contributed by atoms with Crippen LogP contribution in [0.5, 0.6) is 0 Å². The van der Waals surface area contributed by atoms with E-state index in [1.807, 2.05) is 0 Å². The van der Waals surface area contributed by atoms with Crippen molar-refractivity contribution >= 4 is 17.8 Å². The van der Waals surface area contributed by atoms with E-state index in [0.29, 0.717) is 31.0 Å². The van der Waals surface area contributed by atoms with Gasteiger partial charge in [-0.25, -0.2) is 4.79 Å². The summed E-state index contributed by atoms with van der Waals surface area (Å²) in [6.45, 7) is 0.414. The Morgan fingerprint density at radius 1 is 1.10 bits per heavy atom. The number of carbonyl (C=O) groups excluding carboxylic acids is 2. The predicted octanol–water partition coefficient (Wildman–Crippen LogP) is 1.17. The van der Waals surface area contributed by atoms with E-state index in [1.165, 1.54) is 24.3 Å². The lowest BCUT2D eigenvalue weighted by Gasteiger charge is -2.06. The second kappa shape index (κ2) is 6.88. The Balaban J connectivity index is 1.68. The maximum absolute atomic E-state index is 11.8. The second-order valence-electron chi connectivity index (χ2n) is 5.08. The van der Waals surface area contributed by atoms with Gasteiger partial charge in [0.05, 0.1) is 5.56 Å². The molecule has 0 saturated heterocycles. The van der Waals surface area contributed by atoms with Crippen molar-refractivity contribution in [1.29, 1.82) is 0 Å². The molecule has 2 amide bonds. The molecule has 1 fully saturated rings. The quantitative estimate of drug-likeness (QED) is 0.657. The molecule has 0 atom stereocenters. The third-order valence-electron chi connectivity index (χ3n) is 3.20. The van der Waals surface area contributed by atoms with Crippen LogP contribution < -0.4 is 10.6 Å². The van der Waals surface area contributed by atoms with Crippen LogP contribution in [-0.2, 0) is 4.79 Å². The number of hydrogen-bond donors (Lipinski definition) is 3. The van der Waals surface area contributed by atoms with Crippen LogP contribution in [0.1, 0.15) is 46.4 Å². The summed E-state index contributed by atoms with van der Waals surface area (Å²) in [6, 6.07) is 6.08. The maximum Gasteiger partial charge on any atom is 0.335 e. The zero-order chi connectivity index (χ0) is 15.2. The zero-order valence-electron chi connectivity index (χ0n) is 11.6. The molecule has 1 aliphatic rings. The Morgan fingerprint density at radius 3 is 2.29 bits per heavy atom. The van der Waals surface area contributed by atoms with Gasteiger partial charge in [0.15, 0.2) is 0 Å². The van der Waals surface area contributed by atoms with E-state index in [4.69, 9.17) is 5.11 Å². The number of carboxylic acids is 1. The summed E-state index contributed by atoms with van der Waals surface area (Å²) in [5.74, 6) is -1.27. The Morgan fingerprint density at radius 2 is 1.71 bits per heavy atom. The molecule has 0 heterocycles. The minimum atomic E-state index is -1.02. The Bertz CT molecular complexity index is 535. The summed E-state index contributed by atoms with van der Waals surface area (Å²) in [4.78, 5) is 33.9. The van der Waals surface area contributed by atoms with Gasteiger partial charge in [-0.3, -0.25) is 9.59 Å². The van der Waals surface area contributed by atoms with Crippen molar-refractivity contribution in [2.75, 3.05) is 6.54 Å². The summed E-state index contributed by atoms with van der Waals surface area (Å²) in [6.07, 6.45) is 3.11. The highest BCUT2D eigenvalue weighted by atomic mass is 16.4. The van der Waals surface area contributed by atoms with E-state index in [2.05, 4.69) is 10.6 Å². The van der Waals surface area contributed by atoms with Gasteiger partial charge in [-0.1, -0.05) is 0 Å². The third kappa shape index (κ3) is 4.91. The van der Waals surface area contributed by atoms with Gasteiger partial charge in [0, 0.05) is 24.6 Å². The first-order valence-electron chi connectivity index (χ1n) is 6.97. The van der Waals surface area contributed by atoms with Crippen LogP contribution in [0.2, 0.25) is 0 Å². The van der Waals surface area contributed by atoms with Gasteiger partial charge in [-0.05, 0) is 43.5 Å². The number of carboxylic acid groups (broad SMARTS) is 1. The molecule has 1 aliphatic carbocycles. The van der Waals surface area contributed by atoms with Gasteiger partial charge in [0.25, 0.3) is 5.91 Å². The monoisotopic (exact) mass is 290 g/mol. The third-order valence-corrected chi connectivity index (χ3v) is 3.20. The number of rotatable bonds is 7. The average molecular weight is 290 g/mol. The van der Waals surface area contributed by atoms with Crippen LogP contribution in [0.3, 0.4) is 0 Å². The largest absolute Gasteiger partial charge is 0.478 e. The van der Waals surface area contributed by atoms with Crippen LogP contribution >= 0.6 is 0 Å². The van der Waals surface area contributed by atoms with Crippen molar-refractivity contribution < 1.29 is 19.5 Å². The number of carbonyl (C=O) groups is 3. The molecule has 21 heavy (non-hydrogen) atoms. The van der Waals surface area contributed by atoms with Gasteiger partial charge in [-0.2, -0.15) is 0 Å². The minimum absolute atomic E-state index is 0.0255. The lowest BCUT2D eigenvalue weighted by molar-refractivity contribution is -0.121. The van der Waals surface area contributed by atoms with E-state index in [1.54, 1.807) is 0 Å². The highest BCUT2D eigenvalue weighted by molar-refractivity contribution is 5.95. The Hall–Kier alpha value is -2.37. The number of nitrogens with one attached hydrogen (secondary N) is 2. The molecule has 0 unspecified atom stereocenters. The van der Waals surface area contributed by atoms with Gasteiger partial charge in [0.1, 0.15) is 0 Å². The Labute approximate surface area is 122 Å². The molecular formula is C15H18N2O4. The van der Waals surface area contributed by atoms with Crippen LogP contribution in [0.4, 0.5) is 0 Å². The fourth-order valence-electron chi connectivity index (χ4n) is 1.84. The fraction of sp³-hybridized carbons (Fsp3) is 0.400. The molecule has 6 heteroatoms. The molecular weight excluding hydrogens is 272 g/mol. The van der Waals surface area contributed by atoms with Gasteiger partial charge in [0.2, 0.25) is 5.91 Å². The standard InChI is InChI=1S/C15H18N2O4/c18-13(17-12-7-8-12)2-1-9-16-14(19)10-3-5-11(6-4-10)15(20)21/h3-6,12H,1-2,7-9H2,(H,16,19)(H,17,18)(H,20,21). The summed E-state index contributed by atoms with van der Waals surface area (Å²) < 4.78 is 0. The van der Waals surface area contributed by atoms with Crippen LogP contribution in [0.25, 0.3) is 0 Å². The van der Waals surface area contributed by atoms with E-state index >= 15 is 0 Å². The van der Waals surface area contributed by atoms with E-state index < -0.39 is 5.97 Å². The first-order chi connectivity index (χ1) is 10.1. The first kappa shape index (κ1) is 15.0. The summed E-state index contributed by atoms with van der Waals surface area (Å²) in [5.41, 5.74) is 0.547. The SMILES string of the molecule is O=C(CCCNC(=O)c1ccc(C(=O)O)cc1)NC1CC1. The molecule has 112 valence electrons. The molecule has 0 aromatic heterocycles. The van der Waals surface area contributed by atoms with Crippen molar-refractivity contribution in [3.05, 3.63) is 35.4 Å². The molecule has 3 N–H and O–H groups in total. The van der Waals surface area contributed by atoms with Crippen LogP contribution in [0.15, 0.2) is 24.3 Å². The van der Waals surface area contributed by atoms with Gasteiger partial charge < -0.3 is 15.7 Å². The average Bonchev–Trinajstić information content (AvgIpc) is 3.27. The number of amides is 2. The Kier molecular flexibility index (Phi) is 4.92. The predicted molar refractivity (Wildman–Crippen MR) is 76.1 cm³/mol. The minimum Gasteiger partial charge on any atom is -0.478 e. The molecule has 0 radical (unpaired) electrons. The van der Waals surface area contributed by atoms with E-state index in [9.17, 15) is 14.4 Å². The molecule has 1 saturated carbocycles. The highest BCUT2D eigenvalue weighted by Gasteiger charge is 2.22. The summed E-state index contributed by atoms with van der Waals surface area (Å²) >= 11 is 0. The van der Waals surface area contributed by atoms with Gasteiger partial charge >= 0.3 is 5.97 Å². The smallest absolute Gasteiger partial charge is 0.335 e. The highest BCUT2D eigenvalue weighted by Crippen LogP contribution is 2.18. The number of hydrogen-bond acceptors (Lipinski definition) is 3. The van der Waals surface area contributed by atoms with Crippen LogP contribution in [0, 0.1) is 0 Å². The summed E-state index contributed by atoms with van der Waals surface area (Å²) in [5, 5.41) is 14.4. The second-order valence-corrected chi connectivity index (χ2v) is 5.08. The number of benzene rings is 1. The van der Waals surface area contributed by atoms with Crippen molar-refractivity contribution in [3.63, 3.8) is 0 Å². The molecule has 0 bridgehead atoms. The molecule has 1 aromatic carbocycles. The molecule has 0 aliphatic heterocycles. The number of aromatic carboxylic acids is 1. The van der Waals surface area contributed by atoms with Gasteiger partial charge in [-0.15, -0.1) is 0 Å². The molecule has 1 aromatic rings. The van der Waals surface area contributed by atoms with Crippen molar-refractivity contribution in [2.45, 2.75) is 31.7 Å². The summed E-state index contributed by atoms with van der Waals surface area (Å²) in [7, 11) is 0. The van der Waals surface area contributed by atoms with Crippen molar-refractivity contribution in [1.82, 2.24) is 10.6 Å². The topological polar surface area (TPSA) is 95.5 Å². The van der Waals surface area contributed by atoms with E-state index in [0.717, 1.165) is 12.8 Å². The normalized spacial score (nSPS) is 13.5. The molecule has 6 nitrogen and oxygen atoms in total. The fourth-order valence-corrected chi connectivity index (χ4v) is 1.84. The maximum atomic E-state index is 11.8. The lowest BCUT2D eigenvalue weighted by atomic mass is 10.1. The van der Waals surface area contributed by atoms with Crippen molar-refractivity contribution in [2.24, 2.45) is 0 Å². The van der Waals surface area contributed by atoms with E-state index in [-0.39, 0.29) is 17.4 Å². The lowest BCUT2D eigenvalue weighted by Crippen LogP contribution is -2.28. The van der Waals surface area contributed by atoms with Crippen molar-refractivity contribution in [3.8, 4) is 0 Å². The molecule has 2 rings (SSSR count).